The average molecular weight is 625 g/mol. The number of carbonyl (C=O) groups excluding carboxylic acids is 1. The lowest BCUT2D eigenvalue weighted by atomic mass is 9.94. The van der Waals surface area contributed by atoms with Gasteiger partial charge in [0.15, 0.2) is 14.6 Å². The quantitative estimate of drug-likeness (QED) is 0.175. The number of halogens is 3. The molecule has 1 aliphatic carbocycles. The first-order valence-corrected chi connectivity index (χ1v) is 15.3. The Bertz CT molecular complexity index is 1500. The number of sulfone groups is 1. The Balaban J connectivity index is 1.13. The van der Waals surface area contributed by atoms with E-state index in [2.05, 4.69) is 25.0 Å². The number of likely N-dealkylation sites (tertiary alicyclic amines) is 1. The number of rotatable bonds is 12. The monoisotopic (exact) mass is 624 g/mol. The van der Waals surface area contributed by atoms with Crippen LogP contribution in [0.4, 0.5) is 13.2 Å². The van der Waals surface area contributed by atoms with Crippen molar-refractivity contribution in [3.63, 3.8) is 0 Å². The molecule has 1 aliphatic heterocycles. The van der Waals surface area contributed by atoms with Gasteiger partial charge < -0.3 is 14.4 Å². The fraction of sp³-hybridized carbons (Fsp3) is 0.481. The number of alkyl halides is 3. The summed E-state index contributed by atoms with van der Waals surface area (Å²) >= 11 is 0. The Morgan fingerprint density at radius 3 is 2.30 bits per heavy atom. The van der Waals surface area contributed by atoms with Gasteiger partial charge in [0.2, 0.25) is 5.82 Å². The maximum atomic E-state index is 13.7. The minimum atomic E-state index is -4.78. The molecule has 232 valence electrons. The maximum absolute atomic E-state index is 13.7. The molecule has 3 aromatic rings. The second kappa shape index (κ2) is 12.5. The van der Waals surface area contributed by atoms with Crippen LogP contribution in [-0.4, -0.2) is 82.0 Å². The van der Waals surface area contributed by atoms with Gasteiger partial charge in [-0.3, -0.25) is 10.0 Å². The molecule has 0 radical (unpaired) electrons. The Morgan fingerprint density at radius 1 is 1.05 bits per heavy atom. The van der Waals surface area contributed by atoms with Crippen LogP contribution in [-0.2, 0) is 21.2 Å². The third-order valence-corrected chi connectivity index (χ3v) is 10.1. The SMILES string of the molecule is O=C(NO)C1(S(=O)(=O)c2ccc(OCCCn3nnc(-c4ccc(OC(F)(F)F)cc4)n3)cc2)CCN(CC2CC2)CC1. The minimum Gasteiger partial charge on any atom is -0.494 e. The van der Waals surface area contributed by atoms with Gasteiger partial charge in [0, 0.05) is 31.6 Å². The number of hydrogen-bond acceptors (Lipinski definition) is 10. The first-order valence-electron chi connectivity index (χ1n) is 13.8. The second-order valence-electron chi connectivity index (χ2n) is 10.6. The summed E-state index contributed by atoms with van der Waals surface area (Å²) in [5, 5.41) is 21.5. The van der Waals surface area contributed by atoms with Crippen molar-refractivity contribution in [2.24, 2.45) is 5.92 Å². The molecule has 0 atom stereocenters. The van der Waals surface area contributed by atoms with Crippen molar-refractivity contribution in [3.8, 4) is 22.9 Å². The molecular formula is C27H31F3N6O6S. The van der Waals surface area contributed by atoms with Crippen molar-refractivity contribution in [2.45, 2.75) is 54.7 Å². The number of hydroxylamine groups is 1. The van der Waals surface area contributed by atoms with Gasteiger partial charge in [-0.1, -0.05) is 0 Å². The Kier molecular flexibility index (Phi) is 8.89. The van der Waals surface area contributed by atoms with Gasteiger partial charge in [0.05, 0.1) is 18.0 Å². The molecular weight excluding hydrogens is 593 g/mol. The zero-order chi connectivity index (χ0) is 30.7. The van der Waals surface area contributed by atoms with Crippen LogP contribution in [0, 0.1) is 5.92 Å². The lowest BCUT2D eigenvalue weighted by molar-refractivity contribution is -0.274. The van der Waals surface area contributed by atoms with Crippen molar-refractivity contribution in [3.05, 3.63) is 48.5 Å². The molecule has 0 unspecified atom stereocenters. The van der Waals surface area contributed by atoms with Gasteiger partial charge in [0.25, 0.3) is 5.91 Å². The standard InChI is InChI=1S/C27H31F3N6O6S/c28-27(29,30)42-22-6-4-20(5-7-22)24-31-34-36(32-24)14-1-17-41-21-8-10-23(11-9-21)43(39,40)26(25(37)33-38)12-15-35(16-13-26)18-19-2-3-19/h4-11,19,38H,1-3,12-18H2,(H,33,37). The lowest BCUT2D eigenvalue weighted by Crippen LogP contribution is -2.57. The number of nitrogens with zero attached hydrogens (tertiary/aromatic N) is 5. The van der Waals surface area contributed by atoms with Crippen LogP contribution in [0.15, 0.2) is 53.4 Å². The molecule has 16 heteroatoms. The number of aromatic nitrogens is 4. The van der Waals surface area contributed by atoms with Crippen LogP contribution in [0.25, 0.3) is 11.4 Å². The van der Waals surface area contributed by atoms with Crippen molar-refractivity contribution in [1.82, 2.24) is 30.6 Å². The van der Waals surface area contributed by atoms with E-state index in [4.69, 9.17) is 4.74 Å². The molecule has 0 spiro atoms. The van der Waals surface area contributed by atoms with Crippen LogP contribution in [0.1, 0.15) is 32.1 Å². The van der Waals surface area contributed by atoms with E-state index in [0.29, 0.717) is 43.3 Å². The number of hydrogen-bond donors (Lipinski definition) is 2. The van der Waals surface area contributed by atoms with E-state index < -0.39 is 26.9 Å². The van der Waals surface area contributed by atoms with Gasteiger partial charge in [-0.05, 0) is 85.3 Å². The molecule has 1 saturated carbocycles. The van der Waals surface area contributed by atoms with E-state index in [1.807, 2.05) is 0 Å². The van der Waals surface area contributed by atoms with Gasteiger partial charge in [-0.25, -0.2) is 13.9 Å². The summed E-state index contributed by atoms with van der Waals surface area (Å²) in [5.74, 6) is 0.0246. The molecule has 43 heavy (non-hydrogen) atoms. The van der Waals surface area contributed by atoms with Crippen molar-refractivity contribution in [1.29, 1.82) is 0 Å². The summed E-state index contributed by atoms with van der Waals surface area (Å²) in [6.45, 7) is 2.39. The first kappa shape index (κ1) is 30.7. The minimum absolute atomic E-state index is 0.0311. The summed E-state index contributed by atoms with van der Waals surface area (Å²) in [6, 6.07) is 10.9. The molecule has 5 rings (SSSR count). The molecule has 2 N–H and O–H groups in total. The summed E-state index contributed by atoms with van der Waals surface area (Å²) in [4.78, 5) is 16.2. The number of carbonyl (C=O) groups is 1. The van der Waals surface area contributed by atoms with Crippen LogP contribution in [0.2, 0.25) is 0 Å². The summed E-state index contributed by atoms with van der Waals surface area (Å²) in [6.07, 6.45) is -1.78. The fourth-order valence-electron chi connectivity index (χ4n) is 5.08. The van der Waals surface area contributed by atoms with Crippen molar-refractivity contribution >= 4 is 15.7 Å². The molecule has 2 heterocycles. The highest BCUT2D eigenvalue weighted by atomic mass is 32.2. The lowest BCUT2D eigenvalue weighted by Gasteiger charge is -2.39. The Labute approximate surface area is 245 Å². The largest absolute Gasteiger partial charge is 0.573 e. The molecule has 2 aromatic carbocycles. The van der Waals surface area contributed by atoms with Gasteiger partial charge >= 0.3 is 6.36 Å². The second-order valence-corrected chi connectivity index (χ2v) is 12.9. The summed E-state index contributed by atoms with van der Waals surface area (Å²) in [5.41, 5.74) is 2.05. The maximum Gasteiger partial charge on any atom is 0.573 e. The fourth-order valence-corrected chi connectivity index (χ4v) is 7.03. The van der Waals surface area contributed by atoms with Crippen LogP contribution in [0.3, 0.4) is 0 Å². The highest BCUT2D eigenvalue weighted by Gasteiger charge is 2.53. The Hall–Kier alpha value is -3.76. The number of tetrazole rings is 1. The smallest absolute Gasteiger partial charge is 0.494 e. The van der Waals surface area contributed by atoms with Crippen molar-refractivity contribution in [2.75, 3.05) is 26.2 Å². The summed E-state index contributed by atoms with van der Waals surface area (Å²) < 4.78 is 72.1. The topological polar surface area (TPSA) is 149 Å². The van der Waals surface area contributed by atoms with Gasteiger partial charge in [0.1, 0.15) is 11.5 Å². The zero-order valence-corrected chi connectivity index (χ0v) is 23.9. The highest BCUT2D eigenvalue weighted by molar-refractivity contribution is 7.93. The number of aryl methyl sites for hydroxylation is 1. The van der Waals surface area contributed by atoms with Crippen LogP contribution in [0.5, 0.6) is 11.5 Å². The molecule has 1 aromatic heterocycles. The molecule has 2 fully saturated rings. The van der Waals surface area contributed by atoms with Gasteiger partial charge in [-0.2, -0.15) is 4.80 Å². The Morgan fingerprint density at radius 2 is 1.70 bits per heavy atom. The third kappa shape index (κ3) is 7.25. The number of ether oxygens (including phenoxy) is 2. The predicted molar refractivity (Wildman–Crippen MR) is 145 cm³/mol. The average Bonchev–Trinajstić information content (AvgIpc) is 3.68. The number of piperidine rings is 1. The number of amides is 1. The van der Waals surface area contributed by atoms with E-state index >= 15 is 0 Å². The normalized spacial score (nSPS) is 17.4. The molecule has 12 nitrogen and oxygen atoms in total. The van der Waals surface area contributed by atoms with Crippen LogP contribution >= 0.6 is 0 Å². The number of nitrogens with one attached hydrogen (secondary N) is 1. The highest BCUT2D eigenvalue weighted by Crippen LogP contribution is 2.38. The third-order valence-electron chi connectivity index (χ3n) is 7.61. The van der Waals surface area contributed by atoms with E-state index in [-0.39, 0.29) is 35.9 Å². The van der Waals surface area contributed by atoms with E-state index in [1.54, 1.807) is 5.48 Å². The zero-order valence-electron chi connectivity index (χ0n) is 23.0. The molecule has 2 aliphatic rings. The molecule has 1 saturated heterocycles. The van der Waals surface area contributed by atoms with E-state index in [0.717, 1.165) is 18.7 Å². The van der Waals surface area contributed by atoms with E-state index in [9.17, 15) is 31.6 Å². The predicted octanol–water partition coefficient (Wildman–Crippen LogP) is 3.23. The number of benzene rings is 2. The molecule has 1 amide bonds. The molecule has 0 bridgehead atoms. The van der Waals surface area contributed by atoms with Gasteiger partial charge in [-0.15, -0.1) is 23.4 Å². The van der Waals surface area contributed by atoms with Crippen molar-refractivity contribution < 1.29 is 41.1 Å². The first-order chi connectivity index (χ1) is 20.5. The van der Waals surface area contributed by atoms with E-state index in [1.165, 1.54) is 54.0 Å². The van der Waals surface area contributed by atoms with Crippen LogP contribution < -0.4 is 15.0 Å². The summed E-state index contributed by atoms with van der Waals surface area (Å²) in [7, 11) is -4.12.